The summed E-state index contributed by atoms with van der Waals surface area (Å²) < 4.78 is 10.4. The summed E-state index contributed by atoms with van der Waals surface area (Å²) in [6, 6.07) is 0. The molecular formula is C10H19N3O2. The van der Waals surface area contributed by atoms with Gasteiger partial charge in [0.15, 0.2) is 5.82 Å². The zero-order chi connectivity index (χ0) is 11.1. The summed E-state index contributed by atoms with van der Waals surface area (Å²) in [6.45, 7) is 9.00. The van der Waals surface area contributed by atoms with E-state index in [2.05, 4.69) is 22.4 Å². The molecule has 0 bridgehead atoms. The average Bonchev–Trinajstić information content (AvgIpc) is 2.66. The second-order valence-corrected chi connectivity index (χ2v) is 3.61. The van der Waals surface area contributed by atoms with Crippen LogP contribution in [0.15, 0.2) is 4.52 Å². The standard InChI is InChI=1S/C10H19N3O2/c1-4-11-5-6-14-7-9-12-10(8(2)3)15-13-9/h8,11H,4-7H2,1-3H3. The molecule has 0 spiro atoms. The lowest BCUT2D eigenvalue weighted by Crippen LogP contribution is -2.18. The van der Waals surface area contributed by atoms with E-state index in [-0.39, 0.29) is 5.92 Å². The van der Waals surface area contributed by atoms with E-state index in [1.165, 1.54) is 0 Å². The first-order valence-electron chi connectivity index (χ1n) is 5.35. The summed E-state index contributed by atoms with van der Waals surface area (Å²) >= 11 is 0. The third kappa shape index (κ3) is 4.40. The summed E-state index contributed by atoms with van der Waals surface area (Å²) in [6.07, 6.45) is 0. The second kappa shape index (κ2) is 6.53. The normalized spacial score (nSPS) is 11.2. The van der Waals surface area contributed by atoms with Crippen molar-refractivity contribution in [2.24, 2.45) is 0 Å². The van der Waals surface area contributed by atoms with Crippen molar-refractivity contribution in [1.29, 1.82) is 0 Å². The number of likely N-dealkylation sites (N-methyl/N-ethyl adjacent to an activating group) is 1. The van der Waals surface area contributed by atoms with Crippen LogP contribution in [0.25, 0.3) is 0 Å². The van der Waals surface area contributed by atoms with Gasteiger partial charge in [0.05, 0.1) is 6.61 Å². The van der Waals surface area contributed by atoms with Gasteiger partial charge >= 0.3 is 0 Å². The van der Waals surface area contributed by atoms with Crippen molar-refractivity contribution in [2.75, 3.05) is 19.7 Å². The fourth-order valence-electron chi connectivity index (χ4n) is 1.05. The van der Waals surface area contributed by atoms with Gasteiger partial charge in [-0.1, -0.05) is 25.9 Å². The second-order valence-electron chi connectivity index (χ2n) is 3.61. The van der Waals surface area contributed by atoms with E-state index in [0.717, 1.165) is 13.1 Å². The summed E-state index contributed by atoms with van der Waals surface area (Å²) in [5.41, 5.74) is 0. The molecule has 0 aromatic carbocycles. The molecule has 0 fully saturated rings. The van der Waals surface area contributed by atoms with Crippen LogP contribution in [0, 0.1) is 0 Å². The molecule has 0 aliphatic rings. The Kier molecular flexibility index (Phi) is 5.28. The van der Waals surface area contributed by atoms with Gasteiger partial charge in [-0.15, -0.1) is 0 Å². The van der Waals surface area contributed by atoms with Crippen molar-refractivity contribution < 1.29 is 9.26 Å². The lowest BCUT2D eigenvalue weighted by molar-refractivity contribution is 0.116. The van der Waals surface area contributed by atoms with Crippen LogP contribution < -0.4 is 5.32 Å². The Morgan fingerprint density at radius 2 is 2.27 bits per heavy atom. The minimum Gasteiger partial charge on any atom is -0.372 e. The number of hydrogen-bond acceptors (Lipinski definition) is 5. The monoisotopic (exact) mass is 213 g/mol. The van der Waals surface area contributed by atoms with Gasteiger partial charge in [0.2, 0.25) is 5.89 Å². The predicted molar refractivity (Wildman–Crippen MR) is 56.6 cm³/mol. The third-order valence-corrected chi connectivity index (χ3v) is 1.88. The van der Waals surface area contributed by atoms with Crippen molar-refractivity contribution in [3.05, 3.63) is 11.7 Å². The fourth-order valence-corrected chi connectivity index (χ4v) is 1.05. The van der Waals surface area contributed by atoms with Crippen molar-refractivity contribution in [3.63, 3.8) is 0 Å². The number of hydrogen-bond donors (Lipinski definition) is 1. The van der Waals surface area contributed by atoms with Crippen molar-refractivity contribution in [3.8, 4) is 0 Å². The number of nitrogens with one attached hydrogen (secondary N) is 1. The smallest absolute Gasteiger partial charge is 0.229 e. The molecule has 0 aliphatic carbocycles. The van der Waals surface area contributed by atoms with E-state index in [9.17, 15) is 0 Å². The van der Waals surface area contributed by atoms with Crippen LogP contribution in [0.4, 0.5) is 0 Å². The van der Waals surface area contributed by atoms with Gasteiger partial charge in [0.1, 0.15) is 6.61 Å². The molecule has 0 saturated heterocycles. The quantitative estimate of drug-likeness (QED) is 0.692. The Bertz CT molecular complexity index is 273. The Balaban J connectivity index is 2.20. The van der Waals surface area contributed by atoms with Crippen molar-refractivity contribution in [2.45, 2.75) is 33.3 Å². The summed E-state index contributed by atoms with van der Waals surface area (Å²) in [7, 11) is 0. The largest absolute Gasteiger partial charge is 0.372 e. The lowest BCUT2D eigenvalue weighted by Gasteiger charge is -2.01. The molecule has 1 aromatic rings. The molecule has 0 unspecified atom stereocenters. The minimum atomic E-state index is 0.271. The fraction of sp³-hybridized carbons (Fsp3) is 0.800. The van der Waals surface area contributed by atoms with Gasteiger partial charge in [0, 0.05) is 12.5 Å². The molecule has 1 rings (SSSR count). The van der Waals surface area contributed by atoms with Gasteiger partial charge in [-0.05, 0) is 6.54 Å². The third-order valence-electron chi connectivity index (χ3n) is 1.88. The molecule has 0 radical (unpaired) electrons. The van der Waals surface area contributed by atoms with Gasteiger partial charge < -0.3 is 14.6 Å². The van der Waals surface area contributed by atoms with Crippen LogP contribution >= 0.6 is 0 Å². The van der Waals surface area contributed by atoms with E-state index in [4.69, 9.17) is 9.26 Å². The van der Waals surface area contributed by atoms with Crippen molar-refractivity contribution >= 4 is 0 Å². The Morgan fingerprint density at radius 1 is 1.47 bits per heavy atom. The number of ether oxygens (including phenoxy) is 1. The summed E-state index contributed by atoms with van der Waals surface area (Å²) in [4.78, 5) is 4.20. The van der Waals surface area contributed by atoms with Crippen LogP contribution in [0.2, 0.25) is 0 Å². The molecule has 1 N–H and O–H groups in total. The maximum atomic E-state index is 5.37. The number of nitrogens with zero attached hydrogens (tertiary/aromatic N) is 2. The molecule has 1 heterocycles. The maximum absolute atomic E-state index is 5.37. The van der Waals surface area contributed by atoms with E-state index in [1.807, 2.05) is 13.8 Å². The molecule has 5 nitrogen and oxygen atoms in total. The van der Waals surface area contributed by atoms with Crippen LogP contribution in [-0.2, 0) is 11.3 Å². The van der Waals surface area contributed by atoms with E-state index < -0.39 is 0 Å². The Hall–Kier alpha value is -0.940. The summed E-state index contributed by atoms with van der Waals surface area (Å²) in [5, 5.41) is 6.99. The molecule has 0 aliphatic heterocycles. The van der Waals surface area contributed by atoms with Crippen LogP contribution in [0.1, 0.15) is 38.4 Å². The number of aromatic nitrogens is 2. The Labute approximate surface area is 90.2 Å². The van der Waals surface area contributed by atoms with Crippen LogP contribution in [0.3, 0.4) is 0 Å². The molecule has 0 saturated carbocycles. The zero-order valence-electron chi connectivity index (χ0n) is 9.62. The van der Waals surface area contributed by atoms with Gasteiger partial charge in [-0.2, -0.15) is 4.98 Å². The molecule has 1 aromatic heterocycles. The topological polar surface area (TPSA) is 60.2 Å². The molecular weight excluding hydrogens is 194 g/mol. The lowest BCUT2D eigenvalue weighted by atomic mass is 10.2. The van der Waals surface area contributed by atoms with E-state index in [0.29, 0.717) is 24.9 Å². The van der Waals surface area contributed by atoms with E-state index >= 15 is 0 Å². The predicted octanol–water partition coefficient (Wildman–Crippen LogP) is 1.32. The molecule has 0 atom stereocenters. The highest BCUT2D eigenvalue weighted by Gasteiger charge is 2.09. The van der Waals surface area contributed by atoms with Crippen LogP contribution in [0.5, 0.6) is 0 Å². The van der Waals surface area contributed by atoms with Gasteiger partial charge in [0.25, 0.3) is 0 Å². The van der Waals surface area contributed by atoms with Crippen LogP contribution in [-0.4, -0.2) is 29.8 Å². The highest BCUT2D eigenvalue weighted by molar-refractivity contribution is 4.89. The highest BCUT2D eigenvalue weighted by Crippen LogP contribution is 2.10. The van der Waals surface area contributed by atoms with Gasteiger partial charge in [-0.25, -0.2) is 0 Å². The molecule has 15 heavy (non-hydrogen) atoms. The SMILES string of the molecule is CCNCCOCc1noc(C(C)C)n1. The first-order valence-corrected chi connectivity index (χ1v) is 5.35. The highest BCUT2D eigenvalue weighted by atomic mass is 16.5. The average molecular weight is 213 g/mol. The molecule has 5 heteroatoms. The minimum absolute atomic E-state index is 0.271. The molecule has 86 valence electrons. The van der Waals surface area contributed by atoms with E-state index in [1.54, 1.807) is 0 Å². The van der Waals surface area contributed by atoms with Crippen molar-refractivity contribution in [1.82, 2.24) is 15.5 Å². The maximum Gasteiger partial charge on any atom is 0.229 e. The first kappa shape index (κ1) is 12.1. The summed E-state index contributed by atoms with van der Waals surface area (Å²) in [5.74, 6) is 1.56. The first-order chi connectivity index (χ1) is 7.24. The Morgan fingerprint density at radius 3 is 2.87 bits per heavy atom. The number of rotatable bonds is 7. The van der Waals surface area contributed by atoms with Gasteiger partial charge in [-0.3, -0.25) is 0 Å². The molecule has 0 amide bonds. The zero-order valence-corrected chi connectivity index (χ0v) is 9.62.